The Morgan fingerprint density at radius 1 is 1.00 bits per heavy atom. The van der Waals surface area contributed by atoms with E-state index >= 15 is 0 Å². The quantitative estimate of drug-likeness (QED) is 0.712. The first-order valence-corrected chi connectivity index (χ1v) is 10.5. The van der Waals surface area contributed by atoms with Gasteiger partial charge in [-0.3, -0.25) is 4.98 Å². The van der Waals surface area contributed by atoms with Crippen LogP contribution >= 0.6 is 0 Å². The summed E-state index contributed by atoms with van der Waals surface area (Å²) in [6.07, 6.45) is 0.321. The van der Waals surface area contributed by atoms with E-state index in [1.54, 1.807) is 0 Å². The summed E-state index contributed by atoms with van der Waals surface area (Å²) in [5.41, 5.74) is 6.91. The van der Waals surface area contributed by atoms with Crippen LogP contribution in [0.3, 0.4) is 0 Å². The molecule has 1 aliphatic rings. The topological polar surface area (TPSA) is 53.4 Å². The number of nitrogens with zero attached hydrogens (tertiary/aromatic N) is 1. The van der Waals surface area contributed by atoms with Gasteiger partial charge in [0, 0.05) is 22.5 Å². The second kappa shape index (κ2) is 7.61. The molecule has 0 spiro atoms. The summed E-state index contributed by atoms with van der Waals surface area (Å²) in [6, 6.07) is 8.22. The molecule has 3 heteroatoms. The highest BCUT2D eigenvalue weighted by Crippen LogP contribution is 2.44. The maximum atomic E-state index is 11.3. The minimum Gasteiger partial charge on any atom is -0.388 e. The van der Waals surface area contributed by atoms with Crippen molar-refractivity contribution < 1.29 is 10.2 Å². The van der Waals surface area contributed by atoms with Crippen molar-refractivity contribution in [1.29, 1.82) is 0 Å². The molecule has 3 nitrogen and oxygen atoms in total. The SMILES string of the molecule is Cc1c2c(nc(C(C)C)c1[C@@H](O)c1ccc(C(C)C)cc1)CC(C)(C)CC2O. The van der Waals surface area contributed by atoms with Crippen molar-refractivity contribution in [3.8, 4) is 0 Å². The van der Waals surface area contributed by atoms with E-state index in [2.05, 4.69) is 53.7 Å². The molecule has 2 N–H and O–H groups in total. The van der Waals surface area contributed by atoms with Crippen LogP contribution < -0.4 is 0 Å². The van der Waals surface area contributed by atoms with Gasteiger partial charge in [-0.2, -0.15) is 0 Å². The number of pyridine rings is 1. The molecule has 28 heavy (non-hydrogen) atoms. The predicted octanol–water partition coefficient (Wildman–Crippen LogP) is 5.72. The fraction of sp³-hybridized carbons (Fsp3) is 0.560. The van der Waals surface area contributed by atoms with E-state index in [-0.39, 0.29) is 11.3 Å². The van der Waals surface area contributed by atoms with Gasteiger partial charge in [0.25, 0.3) is 0 Å². The lowest BCUT2D eigenvalue weighted by atomic mass is 9.72. The van der Waals surface area contributed by atoms with E-state index in [4.69, 9.17) is 4.98 Å². The monoisotopic (exact) mass is 381 g/mol. The van der Waals surface area contributed by atoms with E-state index in [0.29, 0.717) is 5.92 Å². The average molecular weight is 382 g/mol. The number of hydrogen-bond acceptors (Lipinski definition) is 3. The highest BCUT2D eigenvalue weighted by atomic mass is 16.3. The number of aliphatic hydroxyl groups is 2. The summed E-state index contributed by atoms with van der Waals surface area (Å²) in [5, 5.41) is 22.2. The summed E-state index contributed by atoms with van der Waals surface area (Å²) >= 11 is 0. The van der Waals surface area contributed by atoms with Crippen molar-refractivity contribution >= 4 is 0 Å². The molecule has 2 atom stereocenters. The van der Waals surface area contributed by atoms with E-state index in [0.717, 1.165) is 46.5 Å². The molecular formula is C25H35NO2. The summed E-state index contributed by atoms with van der Waals surface area (Å²) < 4.78 is 0. The first-order valence-electron chi connectivity index (χ1n) is 10.5. The number of hydrogen-bond donors (Lipinski definition) is 2. The Balaban J connectivity index is 2.13. The van der Waals surface area contributed by atoms with Gasteiger partial charge >= 0.3 is 0 Å². The molecule has 1 aromatic carbocycles. The Labute approximate surface area is 169 Å². The lowest BCUT2D eigenvalue weighted by molar-refractivity contribution is 0.0968. The number of rotatable bonds is 4. The maximum Gasteiger partial charge on any atom is 0.106 e. The normalized spacial score (nSPS) is 19.8. The van der Waals surface area contributed by atoms with Crippen LogP contribution in [0, 0.1) is 12.3 Å². The zero-order valence-electron chi connectivity index (χ0n) is 18.4. The maximum absolute atomic E-state index is 11.3. The fourth-order valence-electron chi connectivity index (χ4n) is 4.56. The van der Waals surface area contributed by atoms with Crippen LogP contribution in [-0.4, -0.2) is 15.2 Å². The van der Waals surface area contributed by atoms with Crippen LogP contribution in [0.15, 0.2) is 24.3 Å². The zero-order chi connectivity index (χ0) is 20.8. The van der Waals surface area contributed by atoms with Crippen LogP contribution in [0.1, 0.15) is 111 Å². The van der Waals surface area contributed by atoms with E-state index in [1.165, 1.54) is 5.56 Å². The van der Waals surface area contributed by atoms with Crippen LogP contribution in [-0.2, 0) is 6.42 Å². The van der Waals surface area contributed by atoms with Crippen molar-refractivity contribution in [3.05, 3.63) is 63.5 Å². The molecular weight excluding hydrogens is 346 g/mol. The average Bonchev–Trinajstić information content (AvgIpc) is 2.59. The fourth-order valence-corrected chi connectivity index (χ4v) is 4.56. The second-order valence-electron chi connectivity index (χ2n) is 9.84. The molecule has 0 bridgehead atoms. The zero-order valence-corrected chi connectivity index (χ0v) is 18.4. The number of aliphatic hydroxyl groups excluding tert-OH is 2. The van der Waals surface area contributed by atoms with Gasteiger partial charge in [0.2, 0.25) is 0 Å². The minimum absolute atomic E-state index is 0.0346. The number of fused-ring (bicyclic) bond motifs is 1. The van der Waals surface area contributed by atoms with Gasteiger partial charge in [0.15, 0.2) is 0 Å². The Kier molecular flexibility index (Phi) is 5.71. The molecule has 3 rings (SSSR count). The lowest BCUT2D eigenvalue weighted by Crippen LogP contribution is -2.29. The van der Waals surface area contributed by atoms with Crippen molar-refractivity contribution in [3.63, 3.8) is 0 Å². The highest BCUT2D eigenvalue weighted by Gasteiger charge is 2.36. The van der Waals surface area contributed by atoms with Crippen molar-refractivity contribution in [2.45, 2.75) is 85.4 Å². The Morgan fingerprint density at radius 2 is 1.57 bits per heavy atom. The van der Waals surface area contributed by atoms with Gasteiger partial charge < -0.3 is 10.2 Å². The highest BCUT2D eigenvalue weighted by molar-refractivity contribution is 5.48. The third kappa shape index (κ3) is 3.88. The van der Waals surface area contributed by atoms with Gasteiger partial charge in [0.05, 0.1) is 6.10 Å². The van der Waals surface area contributed by atoms with Crippen LogP contribution in [0.25, 0.3) is 0 Å². The molecule has 152 valence electrons. The summed E-state index contributed by atoms with van der Waals surface area (Å²) in [7, 11) is 0. The van der Waals surface area contributed by atoms with Gasteiger partial charge in [-0.1, -0.05) is 65.8 Å². The largest absolute Gasteiger partial charge is 0.388 e. The van der Waals surface area contributed by atoms with Gasteiger partial charge in [-0.15, -0.1) is 0 Å². The van der Waals surface area contributed by atoms with E-state index in [9.17, 15) is 10.2 Å². The molecule has 0 aliphatic heterocycles. The first-order chi connectivity index (χ1) is 13.0. The molecule has 0 amide bonds. The number of benzene rings is 1. The first kappa shape index (κ1) is 21.0. The second-order valence-corrected chi connectivity index (χ2v) is 9.84. The Bertz CT molecular complexity index is 850. The third-order valence-electron chi connectivity index (χ3n) is 6.11. The lowest BCUT2D eigenvalue weighted by Gasteiger charge is -2.36. The Morgan fingerprint density at radius 3 is 2.11 bits per heavy atom. The predicted molar refractivity (Wildman–Crippen MR) is 115 cm³/mol. The molecule has 0 saturated carbocycles. The molecule has 1 heterocycles. The summed E-state index contributed by atoms with van der Waals surface area (Å²) in [5.74, 6) is 0.661. The van der Waals surface area contributed by atoms with Crippen molar-refractivity contribution in [2.75, 3.05) is 0 Å². The number of aromatic nitrogens is 1. The van der Waals surface area contributed by atoms with Crippen LogP contribution in [0.5, 0.6) is 0 Å². The molecule has 0 fully saturated rings. The van der Waals surface area contributed by atoms with E-state index < -0.39 is 12.2 Å². The standard InChI is InChI=1S/C25H35NO2/c1-14(2)17-8-10-18(11-9-17)24(28)22-16(5)21-19(26-23(22)15(3)4)12-25(6,7)13-20(21)27/h8-11,14-15,20,24,27-28H,12-13H2,1-7H3/t20?,24-/m0/s1. The Hall–Kier alpha value is -1.71. The van der Waals surface area contributed by atoms with Crippen molar-refractivity contribution in [1.82, 2.24) is 4.98 Å². The van der Waals surface area contributed by atoms with E-state index in [1.807, 2.05) is 19.1 Å². The smallest absolute Gasteiger partial charge is 0.106 e. The van der Waals surface area contributed by atoms with Gasteiger partial charge in [-0.25, -0.2) is 0 Å². The van der Waals surface area contributed by atoms with Gasteiger partial charge in [-0.05, 0) is 53.7 Å². The molecule has 1 aliphatic carbocycles. The molecule has 0 saturated heterocycles. The van der Waals surface area contributed by atoms with Crippen molar-refractivity contribution in [2.24, 2.45) is 5.41 Å². The van der Waals surface area contributed by atoms with Crippen LogP contribution in [0.2, 0.25) is 0 Å². The summed E-state index contributed by atoms with van der Waals surface area (Å²) in [4.78, 5) is 4.99. The molecule has 0 radical (unpaired) electrons. The molecule has 2 aromatic rings. The molecule has 1 unspecified atom stereocenters. The van der Waals surface area contributed by atoms with Gasteiger partial charge in [0.1, 0.15) is 6.10 Å². The summed E-state index contributed by atoms with van der Waals surface area (Å²) in [6.45, 7) is 15.0. The third-order valence-corrected chi connectivity index (χ3v) is 6.11. The van der Waals surface area contributed by atoms with Crippen LogP contribution in [0.4, 0.5) is 0 Å². The minimum atomic E-state index is -0.737. The molecule has 1 aromatic heterocycles.